The summed E-state index contributed by atoms with van der Waals surface area (Å²) >= 11 is 1.48. The lowest BCUT2D eigenvalue weighted by atomic mass is 10.0. The summed E-state index contributed by atoms with van der Waals surface area (Å²) in [5.41, 5.74) is 0.669. The Kier molecular flexibility index (Phi) is 12.0. The molecule has 2 aliphatic heterocycles. The first-order chi connectivity index (χ1) is 27.1. The number of thiazole rings is 1. The van der Waals surface area contributed by atoms with Crippen LogP contribution in [0.15, 0.2) is 41.8 Å². The van der Waals surface area contributed by atoms with Gasteiger partial charge in [-0.05, 0) is 77.3 Å². The average Bonchev–Trinajstić information content (AvgIpc) is 3.62. The van der Waals surface area contributed by atoms with Crippen LogP contribution in [0.1, 0.15) is 84.5 Å². The predicted octanol–water partition coefficient (Wildman–Crippen LogP) is 6.14. The number of pyridine rings is 1. The van der Waals surface area contributed by atoms with Gasteiger partial charge in [0, 0.05) is 41.3 Å². The molecule has 0 spiro atoms. The molecule has 2 saturated carbocycles. The number of nitrogens with zero attached hydrogens (tertiary/aromatic N) is 3. The number of esters is 1. The molecule has 56 heavy (non-hydrogen) atoms. The second-order valence-electron chi connectivity index (χ2n) is 15.5. The van der Waals surface area contributed by atoms with Crippen molar-refractivity contribution in [1.29, 1.82) is 0 Å². The summed E-state index contributed by atoms with van der Waals surface area (Å²) in [7, 11) is 2.90. The molecule has 1 aromatic carbocycles. The number of benzene rings is 1. The van der Waals surface area contributed by atoms with E-state index in [9.17, 15) is 19.2 Å². The monoisotopic (exact) mass is 788 g/mol. The van der Waals surface area contributed by atoms with Crippen molar-refractivity contribution in [3.8, 4) is 22.9 Å². The van der Waals surface area contributed by atoms with Crippen LogP contribution in [0.4, 0.5) is 9.93 Å². The molecular formula is C41H52N6O8S. The molecule has 5 atom stereocenters. The van der Waals surface area contributed by atoms with Crippen molar-refractivity contribution >= 4 is 51.2 Å². The molecule has 15 heteroatoms. The van der Waals surface area contributed by atoms with Crippen LogP contribution in [0.3, 0.4) is 0 Å². The number of hydrogen-bond donors (Lipinski definition) is 3. The SMILES string of the molecule is COC(=O)[C@@]12C[C@H]1/C=C\CCCCC[C@H](NC(=O)OC1CCCC1)C(=O)N1C[C@@H](Oc3cc(-c4csc(NC(C)C)n4)nc4cc(OC)ccc34)C[C@H]1C(=O)N2. The Bertz CT molecular complexity index is 1960. The number of carbonyl (C=O) groups is 4. The number of methoxy groups -OCH3 is 2. The highest BCUT2D eigenvalue weighted by Crippen LogP contribution is 2.46. The van der Waals surface area contributed by atoms with Crippen LogP contribution in [0, 0.1) is 5.92 Å². The number of hydrogen-bond acceptors (Lipinski definition) is 12. The Morgan fingerprint density at radius 1 is 1.00 bits per heavy atom. The number of carbonyl (C=O) groups excluding carboxylic acids is 4. The Morgan fingerprint density at radius 3 is 2.57 bits per heavy atom. The molecule has 1 saturated heterocycles. The van der Waals surface area contributed by atoms with Gasteiger partial charge < -0.3 is 39.8 Å². The van der Waals surface area contributed by atoms with Crippen LogP contribution >= 0.6 is 11.3 Å². The fourth-order valence-corrected chi connectivity index (χ4v) is 8.92. The van der Waals surface area contributed by atoms with Crippen molar-refractivity contribution in [2.75, 3.05) is 26.1 Å². The number of alkyl carbamates (subject to hydrolysis) is 1. The van der Waals surface area contributed by atoms with Crippen molar-refractivity contribution < 1.29 is 38.1 Å². The lowest BCUT2D eigenvalue weighted by molar-refractivity contribution is -0.148. The van der Waals surface area contributed by atoms with Crippen molar-refractivity contribution in [3.05, 3.63) is 41.8 Å². The molecule has 0 radical (unpaired) electrons. The molecule has 3 N–H and O–H groups in total. The minimum Gasteiger partial charge on any atom is -0.497 e. The third-order valence-electron chi connectivity index (χ3n) is 11.1. The topological polar surface area (TPSA) is 170 Å². The zero-order valence-corrected chi connectivity index (χ0v) is 33.3. The van der Waals surface area contributed by atoms with E-state index in [0.717, 1.165) is 55.5 Å². The standard InChI is InChI=1S/C41H52N6O8S/c1-24(2)42-39-44-33(23-56-39)32-20-35(29-17-16-27(52-3)18-31(29)43-32)54-28-19-34-36(48)46-41(38(50)53-4)21-25(41)12-8-6-5-7-9-15-30(37(49)47(34)22-28)45-40(51)55-26-13-10-11-14-26/h8,12,16-18,20,23-26,28,30,34H,5-7,9-11,13-15,19,21-22H2,1-4H3,(H,42,44)(H,45,51)(H,46,48)/b12-8-/t25-,28+,30+,34+,41-/m1/s1. The minimum absolute atomic E-state index is 0.0653. The fraction of sp³-hybridized carbons (Fsp3) is 0.561. The highest BCUT2D eigenvalue weighted by molar-refractivity contribution is 7.14. The maximum atomic E-state index is 14.6. The maximum absolute atomic E-state index is 14.6. The maximum Gasteiger partial charge on any atom is 0.408 e. The van der Waals surface area contributed by atoms with E-state index in [2.05, 4.69) is 16.0 Å². The first-order valence-electron chi connectivity index (χ1n) is 19.8. The molecule has 2 aromatic heterocycles. The van der Waals surface area contributed by atoms with Crippen molar-refractivity contribution in [2.24, 2.45) is 5.92 Å². The van der Waals surface area contributed by atoms with Gasteiger partial charge >= 0.3 is 12.1 Å². The van der Waals surface area contributed by atoms with E-state index in [0.29, 0.717) is 47.7 Å². The number of ether oxygens (including phenoxy) is 4. The van der Waals surface area contributed by atoms with Gasteiger partial charge in [-0.1, -0.05) is 25.0 Å². The molecule has 4 heterocycles. The molecule has 3 aromatic rings. The van der Waals surface area contributed by atoms with E-state index in [1.54, 1.807) is 7.11 Å². The molecule has 0 bridgehead atoms. The highest BCUT2D eigenvalue weighted by Gasteiger charge is 2.62. The summed E-state index contributed by atoms with van der Waals surface area (Å²) in [6, 6.07) is 5.65. The minimum atomic E-state index is -1.22. The van der Waals surface area contributed by atoms with Gasteiger partial charge in [0.2, 0.25) is 11.8 Å². The largest absolute Gasteiger partial charge is 0.497 e. The molecule has 0 unspecified atom stereocenters. The van der Waals surface area contributed by atoms with E-state index in [4.69, 9.17) is 28.9 Å². The molecule has 4 aliphatic rings. The Hall–Kier alpha value is -4.92. The first-order valence-corrected chi connectivity index (χ1v) is 20.7. The zero-order valence-electron chi connectivity index (χ0n) is 32.5. The van der Waals surface area contributed by atoms with E-state index < -0.39 is 47.6 Å². The first kappa shape index (κ1) is 39.3. The number of amides is 3. The summed E-state index contributed by atoms with van der Waals surface area (Å²) in [5, 5.41) is 12.6. The van der Waals surface area contributed by atoms with Crippen LogP contribution in [-0.2, 0) is 23.9 Å². The summed E-state index contributed by atoms with van der Waals surface area (Å²) in [6.07, 6.45) is 10.3. The number of fused-ring (bicyclic) bond motifs is 3. The van der Waals surface area contributed by atoms with E-state index in [-0.39, 0.29) is 31.0 Å². The highest BCUT2D eigenvalue weighted by atomic mass is 32.1. The lowest BCUT2D eigenvalue weighted by Crippen LogP contribution is -2.56. The molecule has 7 rings (SSSR count). The van der Waals surface area contributed by atoms with Crippen molar-refractivity contribution in [1.82, 2.24) is 25.5 Å². The van der Waals surface area contributed by atoms with Gasteiger partial charge in [-0.2, -0.15) is 0 Å². The number of anilines is 1. The van der Waals surface area contributed by atoms with E-state index >= 15 is 0 Å². The van der Waals surface area contributed by atoms with Gasteiger partial charge in [0.1, 0.15) is 47.0 Å². The number of allylic oxidation sites excluding steroid dienone is 1. The van der Waals surface area contributed by atoms with Gasteiger partial charge in [-0.15, -0.1) is 11.3 Å². The van der Waals surface area contributed by atoms with Gasteiger partial charge in [0.15, 0.2) is 5.13 Å². The fourth-order valence-electron chi connectivity index (χ4n) is 8.07. The van der Waals surface area contributed by atoms with Gasteiger partial charge in [-0.25, -0.2) is 19.6 Å². The Morgan fingerprint density at radius 2 is 1.80 bits per heavy atom. The third-order valence-corrected chi connectivity index (χ3v) is 11.9. The van der Waals surface area contributed by atoms with Gasteiger partial charge in [0.05, 0.1) is 32.0 Å². The smallest absolute Gasteiger partial charge is 0.408 e. The van der Waals surface area contributed by atoms with Gasteiger partial charge in [0.25, 0.3) is 0 Å². The summed E-state index contributed by atoms with van der Waals surface area (Å²) in [4.78, 5) is 66.5. The van der Waals surface area contributed by atoms with Crippen LogP contribution in [0.25, 0.3) is 22.3 Å². The summed E-state index contributed by atoms with van der Waals surface area (Å²) in [5.74, 6) is -0.492. The average molecular weight is 789 g/mol. The Balaban J connectivity index is 1.21. The van der Waals surface area contributed by atoms with Crippen LogP contribution in [0.2, 0.25) is 0 Å². The molecule has 3 fully saturated rings. The lowest BCUT2D eigenvalue weighted by Gasteiger charge is -2.29. The summed E-state index contributed by atoms with van der Waals surface area (Å²) < 4.78 is 23.1. The predicted molar refractivity (Wildman–Crippen MR) is 212 cm³/mol. The van der Waals surface area contributed by atoms with E-state index in [1.165, 1.54) is 23.3 Å². The van der Waals surface area contributed by atoms with Crippen LogP contribution in [-0.4, -0.2) is 95.4 Å². The second kappa shape index (κ2) is 17.1. The number of rotatable bonds is 9. The quantitative estimate of drug-likeness (QED) is 0.168. The molecule has 3 amide bonds. The second-order valence-corrected chi connectivity index (χ2v) is 16.4. The molecule has 2 aliphatic carbocycles. The summed E-state index contributed by atoms with van der Waals surface area (Å²) in [6.45, 7) is 4.16. The normalized spacial score (nSPS) is 26.3. The Labute approximate surface area is 331 Å². The molecule has 14 nitrogen and oxygen atoms in total. The van der Waals surface area contributed by atoms with E-state index in [1.807, 2.05) is 55.6 Å². The molecular weight excluding hydrogens is 737 g/mol. The van der Waals surface area contributed by atoms with Crippen molar-refractivity contribution in [3.63, 3.8) is 0 Å². The van der Waals surface area contributed by atoms with Crippen LogP contribution < -0.4 is 25.4 Å². The zero-order chi connectivity index (χ0) is 39.4. The van der Waals surface area contributed by atoms with Crippen LogP contribution in [0.5, 0.6) is 11.5 Å². The third kappa shape index (κ3) is 8.72. The van der Waals surface area contributed by atoms with Gasteiger partial charge in [-0.3, -0.25) is 9.59 Å². The van der Waals surface area contributed by atoms with Crippen molar-refractivity contribution in [2.45, 2.75) is 120 Å². The molecule has 300 valence electrons. The number of nitrogens with one attached hydrogen (secondary N) is 3. The number of aromatic nitrogens is 2.